The van der Waals surface area contributed by atoms with Gasteiger partial charge in [0.25, 0.3) is 11.5 Å². The molecular formula is C20H27N3O4S. The molecule has 0 spiro atoms. The second-order valence-corrected chi connectivity index (χ2v) is 9.56. The van der Waals surface area contributed by atoms with Crippen molar-refractivity contribution in [2.45, 2.75) is 25.6 Å². The number of sulfone groups is 1. The number of amides is 1. The van der Waals surface area contributed by atoms with E-state index in [0.717, 1.165) is 0 Å². The number of nitrogens with one attached hydrogen (secondary N) is 1. The number of pyridine rings is 1. The highest BCUT2D eigenvalue weighted by Crippen LogP contribution is 2.14. The van der Waals surface area contributed by atoms with E-state index >= 15 is 0 Å². The van der Waals surface area contributed by atoms with Gasteiger partial charge in [-0.25, -0.2) is 8.42 Å². The number of benzene rings is 1. The largest absolute Gasteiger partial charge is 0.322 e. The number of hydrogen-bond acceptors (Lipinski definition) is 5. The zero-order valence-corrected chi connectivity index (χ0v) is 17.7. The lowest BCUT2D eigenvalue weighted by molar-refractivity contribution is 0.102. The van der Waals surface area contributed by atoms with E-state index in [9.17, 15) is 18.0 Å². The monoisotopic (exact) mass is 405 g/mol. The topological polar surface area (TPSA) is 88.5 Å². The molecule has 0 aliphatic rings. The van der Waals surface area contributed by atoms with E-state index in [4.69, 9.17) is 0 Å². The number of aromatic nitrogens is 1. The SMILES string of the molecule is Cc1ccn(C(C)CN(C)C)c(=O)c1C(=O)Nc1ccc(CS(C)(=O)=O)cc1. The molecule has 0 saturated heterocycles. The van der Waals surface area contributed by atoms with Gasteiger partial charge < -0.3 is 14.8 Å². The fourth-order valence-electron chi connectivity index (χ4n) is 3.06. The van der Waals surface area contributed by atoms with Crippen LogP contribution in [-0.4, -0.2) is 50.7 Å². The summed E-state index contributed by atoms with van der Waals surface area (Å²) in [6, 6.07) is 8.23. The van der Waals surface area contributed by atoms with Crippen LogP contribution in [0.15, 0.2) is 41.3 Å². The third-order valence-electron chi connectivity index (χ3n) is 4.30. The van der Waals surface area contributed by atoms with Gasteiger partial charge in [0.2, 0.25) is 0 Å². The molecule has 0 aliphatic carbocycles. The van der Waals surface area contributed by atoms with Gasteiger partial charge in [-0.05, 0) is 57.3 Å². The Morgan fingerprint density at radius 1 is 1.18 bits per heavy atom. The normalized spacial score (nSPS) is 12.8. The van der Waals surface area contributed by atoms with Crippen molar-refractivity contribution in [1.29, 1.82) is 0 Å². The first-order chi connectivity index (χ1) is 13.0. The molecule has 152 valence electrons. The summed E-state index contributed by atoms with van der Waals surface area (Å²) in [5, 5.41) is 2.72. The fraction of sp³-hybridized carbons (Fsp3) is 0.400. The summed E-state index contributed by atoms with van der Waals surface area (Å²) >= 11 is 0. The molecule has 2 aromatic rings. The Hall–Kier alpha value is -2.45. The summed E-state index contributed by atoms with van der Waals surface area (Å²) in [5.41, 5.74) is 1.51. The zero-order chi connectivity index (χ0) is 21.1. The van der Waals surface area contributed by atoms with Crippen LogP contribution < -0.4 is 10.9 Å². The van der Waals surface area contributed by atoms with Crippen molar-refractivity contribution in [3.63, 3.8) is 0 Å². The maximum absolute atomic E-state index is 12.9. The van der Waals surface area contributed by atoms with E-state index in [1.807, 2.05) is 25.9 Å². The van der Waals surface area contributed by atoms with E-state index in [0.29, 0.717) is 23.4 Å². The van der Waals surface area contributed by atoms with Gasteiger partial charge >= 0.3 is 0 Å². The lowest BCUT2D eigenvalue weighted by Gasteiger charge is -2.20. The van der Waals surface area contributed by atoms with E-state index in [1.165, 1.54) is 6.26 Å². The molecule has 0 fully saturated rings. The van der Waals surface area contributed by atoms with Crippen LogP contribution in [0.5, 0.6) is 0 Å². The van der Waals surface area contributed by atoms with E-state index in [2.05, 4.69) is 5.32 Å². The van der Waals surface area contributed by atoms with Crippen molar-refractivity contribution in [2.24, 2.45) is 0 Å². The van der Waals surface area contributed by atoms with E-state index in [1.54, 1.807) is 48.0 Å². The van der Waals surface area contributed by atoms with Crippen molar-refractivity contribution >= 4 is 21.4 Å². The van der Waals surface area contributed by atoms with Crippen molar-refractivity contribution in [1.82, 2.24) is 9.47 Å². The second-order valence-electron chi connectivity index (χ2n) is 7.42. The highest BCUT2D eigenvalue weighted by Gasteiger charge is 2.18. The number of aryl methyl sites for hydroxylation is 1. The van der Waals surface area contributed by atoms with Gasteiger partial charge in [0.1, 0.15) is 5.56 Å². The van der Waals surface area contributed by atoms with Crippen LogP contribution in [0.3, 0.4) is 0 Å². The van der Waals surface area contributed by atoms with Crippen molar-refractivity contribution in [3.8, 4) is 0 Å². The number of rotatable bonds is 7. The Bertz CT molecular complexity index is 1010. The third-order valence-corrected chi connectivity index (χ3v) is 5.16. The first-order valence-electron chi connectivity index (χ1n) is 8.92. The molecule has 7 nitrogen and oxygen atoms in total. The Labute approximate surface area is 165 Å². The summed E-state index contributed by atoms with van der Waals surface area (Å²) in [6.07, 6.45) is 2.88. The maximum Gasteiger partial charge on any atom is 0.263 e. The van der Waals surface area contributed by atoms with Crippen LogP contribution in [0.4, 0.5) is 5.69 Å². The molecule has 1 N–H and O–H groups in total. The molecule has 1 amide bonds. The Balaban J connectivity index is 2.25. The van der Waals surface area contributed by atoms with E-state index < -0.39 is 15.7 Å². The van der Waals surface area contributed by atoms with Crippen molar-refractivity contribution < 1.29 is 13.2 Å². The van der Waals surface area contributed by atoms with Crippen LogP contribution in [0.25, 0.3) is 0 Å². The minimum atomic E-state index is -3.12. The molecule has 1 aromatic heterocycles. The molecule has 0 saturated carbocycles. The summed E-state index contributed by atoms with van der Waals surface area (Å²) in [4.78, 5) is 27.6. The van der Waals surface area contributed by atoms with Gasteiger partial charge in [0, 0.05) is 30.7 Å². The first-order valence-corrected chi connectivity index (χ1v) is 11.0. The molecule has 28 heavy (non-hydrogen) atoms. The molecule has 0 radical (unpaired) electrons. The molecule has 1 atom stereocenters. The van der Waals surface area contributed by atoms with Gasteiger partial charge in [-0.2, -0.15) is 0 Å². The number of nitrogens with zero attached hydrogens (tertiary/aromatic N) is 2. The number of carbonyl (C=O) groups excluding carboxylic acids is 1. The Morgan fingerprint density at radius 3 is 2.32 bits per heavy atom. The predicted octanol–water partition coefficient (Wildman–Crippen LogP) is 2.08. The second kappa shape index (κ2) is 8.70. The van der Waals surface area contributed by atoms with Crippen LogP contribution in [0.1, 0.15) is 34.5 Å². The van der Waals surface area contributed by atoms with Crippen molar-refractivity contribution in [2.75, 3.05) is 32.2 Å². The minimum absolute atomic E-state index is 0.0620. The highest BCUT2D eigenvalue weighted by molar-refractivity contribution is 7.89. The maximum atomic E-state index is 12.9. The molecule has 2 rings (SSSR count). The van der Waals surface area contributed by atoms with Crippen molar-refractivity contribution in [3.05, 3.63) is 63.6 Å². The van der Waals surface area contributed by atoms with Gasteiger partial charge in [-0.15, -0.1) is 0 Å². The highest BCUT2D eigenvalue weighted by atomic mass is 32.2. The van der Waals surface area contributed by atoms with Gasteiger partial charge in [-0.1, -0.05) is 12.1 Å². The lowest BCUT2D eigenvalue weighted by atomic mass is 10.1. The molecule has 0 bridgehead atoms. The van der Waals surface area contributed by atoms with Gasteiger partial charge in [0.05, 0.1) is 5.75 Å². The zero-order valence-electron chi connectivity index (χ0n) is 16.9. The summed E-state index contributed by atoms with van der Waals surface area (Å²) < 4.78 is 24.3. The number of hydrogen-bond donors (Lipinski definition) is 1. The average molecular weight is 406 g/mol. The smallest absolute Gasteiger partial charge is 0.263 e. The predicted molar refractivity (Wildman–Crippen MR) is 112 cm³/mol. The summed E-state index contributed by atoms with van der Waals surface area (Å²) in [6.45, 7) is 4.33. The average Bonchev–Trinajstić information content (AvgIpc) is 2.54. The first kappa shape index (κ1) is 21.8. The van der Waals surface area contributed by atoms with Crippen LogP contribution in [-0.2, 0) is 15.6 Å². The van der Waals surface area contributed by atoms with Crippen LogP contribution >= 0.6 is 0 Å². The summed E-state index contributed by atoms with van der Waals surface area (Å²) in [5.74, 6) is -0.544. The standard InChI is InChI=1S/C20H27N3O4S/c1-14-10-11-23(15(2)12-22(3)4)20(25)18(14)19(24)21-17-8-6-16(7-9-17)13-28(5,26)27/h6-11,15H,12-13H2,1-5H3,(H,21,24). The number of likely N-dealkylation sites (N-methyl/N-ethyl adjacent to an activating group) is 1. The van der Waals surface area contributed by atoms with Crippen LogP contribution in [0, 0.1) is 6.92 Å². The molecule has 1 unspecified atom stereocenters. The number of anilines is 1. The summed E-state index contributed by atoms with van der Waals surface area (Å²) in [7, 11) is 0.731. The fourth-order valence-corrected chi connectivity index (χ4v) is 3.86. The number of carbonyl (C=O) groups is 1. The Kier molecular flexibility index (Phi) is 6.79. The van der Waals surface area contributed by atoms with Gasteiger partial charge in [0.15, 0.2) is 9.84 Å². The van der Waals surface area contributed by atoms with E-state index in [-0.39, 0.29) is 22.9 Å². The molecule has 8 heteroatoms. The molecule has 0 aliphatic heterocycles. The third kappa shape index (κ3) is 5.77. The lowest BCUT2D eigenvalue weighted by Crippen LogP contribution is -2.34. The van der Waals surface area contributed by atoms with Crippen LogP contribution in [0.2, 0.25) is 0 Å². The van der Waals surface area contributed by atoms with Gasteiger partial charge in [-0.3, -0.25) is 9.59 Å². The Morgan fingerprint density at radius 2 is 1.79 bits per heavy atom. The minimum Gasteiger partial charge on any atom is -0.322 e. The molecular weight excluding hydrogens is 378 g/mol. The molecule has 1 heterocycles. The quantitative estimate of drug-likeness (QED) is 0.762. The molecule has 1 aromatic carbocycles.